The van der Waals surface area contributed by atoms with Crippen LogP contribution in [0.1, 0.15) is 11.1 Å². The highest BCUT2D eigenvalue weighted by molar-refractivity contribution is 9.09. The molecule has 0 spiro atoms. The van der Waals surface area contributed by atoms with Gasteiger partial charge >= 0.3 is 12.5 Å². The second-order valence-electron chi connectivity index (χ2n) is 4.49. The summed E-state index contributed by atoms with van der Waals surface area (Å²) in [6.07, 6.45) is -8.37. The van der Waals surface area contributed by atoms with Gasteiger partial charge in [0.15, 0.2) is 0 Å². The van der Waals surface area contributed by atoms with Gasteiger partial charge in [-0.25, -0.2) is 4.98 Å². The number of aromatic nitrogens is 1. The molecule has 2 rings (SSSR count). The highest BCUT2D eigenvalue weighted by Crippen LogP contribution is 2.41. The van der Waals surface area contributed by atoms with Crippen molar-refractivity contribution in [1.82, 2.24) is 4.98 Å². The SMILES string of the molecule is FC(F)(F)Oc1ccc(CSSSc2ccc(C(F)(F)F)cn2)cc1. The quantitative estimate of drug-likeness (QED) is 0.300. The van der Waals surface area contributed by atoms with Crippen LogP contribution in [0.15, 0.2) is 47.6 Å². The molecule has 2 nitrogen and oxygen atoms in total. The number of benzene rings is 1. The lowest BCUT2D eigenvalue weighted by Gasteiger charge is -2.09. The van der Waals surface area contributed by atoms with Gasteiger partial charge in [-0.3, -0.25) is 0 Å². The van der Waals surface area contributed by atoms with Crippen molar-refractivity contribution >= 4 is 31.4 Å². The van der Waals surface area contributed by atoms with Crippen molar-refractivity contribution in [3.8, 4) is 5.75 Å². The molecule has 2 aromatic rings. The fourth-order valence-electron chi connectivity index (χ4n) is 1.54. The zero-order valence-electron chi connectivity index (χ0n) is 12.1. The van der Waals surface area contributed by atoms with E-state index in [4.69, 9.17) is 0 Å². The van der Waals surface area contributed by atoms with Crippen molar-refractivity contribution in [2.45, 2.75) is 23.3 Å². The molecule has 0 saturated carbocycles. The molecule has 0 aliphatic rings. The number of ether oxygens (including phenoxy) is 1. The molecule has 1 heterocycles. The van der Waals surface area contributed by atoms with Gasteiger partial charge in [0.1, 0.15) is 10.8 Å². The van der Waals surface area contributed by atoms with E-state index in [0.29, 0.717) is 10.8 Å². The van der Waals surface area contributed by atoms with Crippen molar-refractivity contribution in [2.75, 3.05) is 0 Å². The first-order valence-electron chi connectivity index (χ1n) is 6.47. The maximum atomic E-state index is 12.4. The summed E-state index contributed by atoms with van der Waals surface area (Å²) in [5.74, 6) is 0.210. The van der Waals surface area contributed by atoms with E-state index in [-0.39, 0.29) is 5.75 Å². The molecule has 0 fully saturated rings. The number of pyridine rings is 1. The lowest BCUT2D eigenvalue weighted by molar-refractivity contribution is -0.274. The Morgan fingerprint density at radius 2 is 1.60 bits per heavy atom. The predicted octanol–water partition coefficient (Wildman–Crippen LogP) is 6.59. The fraction of sp³-hybridized carbons (Fsp3) is 0.214. The van der Waals surface area contributed by atoms with E-state index < -0.39 is 18.1 Å². The first kappa shape index (κ1) is 20.1. The molecule has 0 bridgehead atoms. The highest BCUT2D eigenvalue weighted by Gasteiger charge is 2.31. The topological polar surface area (TPSA) is 22.1 Å². The van der Waals surface area contributed by atoms with Crippen molar-refractivity contribution in [3.63, 3.8) is 0 Å². The van der Waals surface area contributed by atoms with E-state index >= 15 is 0 Å². The normalized spacial score (nSPS) is 12.2. The molecule has 0 N–H and O–H groups in total. The van der Waals surface area contributed by atoms with Gasteiger partial charge < -0.3 is 4.74 Å². The Kier molecular flexibility index (Phi) is 6.80. The average Bonchev–Trinajstić information content (AvgIpc) is 2.51. The molecular formula is C14H9F6NOS3. The van der Waals surface area contributed by atoms with Gasteiger partial charge in [0.2, 0.25) is 0 Å². The first-order valence-corrected chi connectivity index (χ1v) is 10.1. The molecule has 0 radical (unpaired) electrons. The molecule has 136 valence electrons. The van der Waals surface area contributed by atoms with E-state index in [1.807, 2.05) is 0 Å². The number of halogens is 6. The molecule has 0 amide bonds. The monoisotopic (exact) mass is 417 g/mol. The van der Waals surface area contributed by atoms with Crippen LogP contribution in [0.3, 0.4) is 0 Å². The Bertz CT molecular complexity index is 673. The summed E-state index contributed by atoms with van der Waals surface area (Å²) in [6, 6.07) is 7.70. The van der Waals surface area contributed by atoms with Crippen molar-refractivity contribution in [1.29, 1.82) is 0 Å². The van der Waals surface area contributed by atoms with Crippen LogP contribution in [0.25, 0.3) is 0 Å². The van der Waals surface area contributed by atoms with Gasteiger partial charge in [-0.15, -0.1) is 13.2 Å². The Labute approximate surface area is 150 Å². The largest absolute Gasteiger partial charge is 0.573 e. The standard InChI is InChI=1S/C14H9F6NOS3/c15-13(16,17)10-3-6-12(21-7-10)24-25-23-8-9-1-4-11(5-2-9)22-14(18,19)20/h1-7H,8H2. The smallest absolute Gasteiger partial charge is 0.406 e. The number of nitrogens with zero attached hydrogens (tertiary/aromatic N) is 1. The van der Waals surface area contributed by atoms with Gasteiger partial charge in [0.25, 0.3) is 0 Å². The van der Waals surface area contributed by atoms with Crippen molar-refractivity contribution < 1.29 is 31.1 Å². The summed E-state index contributed by atoms with van der Waals surface area (Å²) in [4.78, 5) is 3.72. The summed E-state index contributed by atoms with van der Waals surface area (Å²) in [5, 5.41) is 0.430. The Morgan fingerprint density at radius 1 is 0.920 bits per heavy atom. The molecule has 1 aromatic heterocycles. The van der Waals surface area contributed by atoms with E-state index in [1.165, 1.54) is 61.7 Å². The first-order chi connectivity index (χ1) is 11.6. The summed E-state index contributed by atoms with van der Waals surface area (Å²) >= 11 is 0. The van der Waals surface area contributed by atoms with Crippen LogP contribution in [-0.4, -0.2) is 11.3 Å². The second kappa shape index (κ2) is 8.45. The van der Waals surface area contributed by atoms with E-state index in [1.54, 1.807) is 0 Å². The van der Waals surface area contributed by atoms with Crippen LogP contribution in [0.4, 0.5) is 26.3 Å². The van der Waals surface area contributed by atoms with Gasteiger partial charge in [-0.1, -0.05) is 22.9 Å². The lowest BCUT2D eigenvalue weighted by atomic mass is 10.2. The van der Waals surface area contributed by atoms with Gasteiger partial charge in [0, 0.05) is 11.9 Å². The fourth-order valence-corrected chi connectivity index (χ4v) is 4.94. The zero-order valence-corrected chi connectivity index (χ0v) is 14.5. The summed E-state index contributed by atoms with van der Waals surface area (Å²) in [5.41, 5.74) is -0.0244. The summed E-state index contributed by atoms with van der Waals surface area (Å²) in [7, 11) is 3.89. The van der Waals surface area contributed by atoms with Crippen LogP contribution in [0, 0.1) is 0 Å². The Hall–Kier alpha value is -1.20. The van der Waals surface area contributed by atoms with E-state index in [0.717, 1.165) is 17.8 Å². The maximum absolute atomic E-state index is 12.4. The molecule has 0 unspecified atom stereocenters. The predicted molar refractivity (Wildman–Crippen MR) is 87.1 cm³/mol. The molecule has 0 aliphatic carbocycles. The minimum absolute atomic E-state index is 0.294. The Morgan fingerprint density at radius 3 is 2.12 bits per heavy atom. The van der Waals surface area contributed by atoms with Crippen molar-refractivity contribution in [3.05, 3.63) is 53.7 Å². The molecular weight excluding hydrogens is 408 g/mol. The van der Waals surface area contributed by atoms with Crippen LogP contribution >= 0.6 is 31.4 Å². The van der Waals surface area contributed by atoms with Gasteiger partial charge in [-0.05, 0) is 50.4 Å². The molecule has 0 aliphatic heterocycles. The van der Waals surface area contributed by atoms with Crippen molar-refractivity contribution in [2.24, 2.45) is 0 Å². The maximum Gasteiger partial charge on any atom is 0.573 e. The van der Waals surface area contributed by atoms with Crippen LogP contribution in [0.5, 0.6) is 5.75 Å². The zero-order chi connectivity index (χ0) is 18.5. The van der Waals surface area contributed by atoms with E-state index in [2.05, 4.69) is 9.72 Å². The molecule has 11 heteroatoms. The molecule has 0 saturated heterocycles. The van der Waals surface area contributed by atoms with Crippen LogP contribution < -0.4 is 4.74 Å². The summed E-state index contributed by atoms with van der Waals surface area (Å²) in [6.45, 7) is 0. The van der Waals surface area contributed by atoms with Crippen LogP contribution in [-0.2, 0) is 11.9 Å². The number of alkyl halides is 6. The third-order valence-corrected chi connectivity index (χ3v) is 6.48. The third kappa shape index (κ3) is 7.28. The van der Waals surface area contributed by atoms with Crippen LogP contribution in [0.2, 0.25) is 0 Å². The average molecular weight is 417 g/mol. The minimum atomic E-state index is -4.72. The van der Waals surface area contributed by atoms with Gasteiger partial charge in [0.05, 0.1) is 5.56 Å². The number of hydrogen-bond donors (Lipinski definition) is 0. The lowest BCUT2D eigenvalue weighted by Crippen LogP contribution is -2.16. The number of rotatable bonds is 6. The highest BCUT2D eigenvalue weighted by atomic mass is 33.5. The van der Waals surface area contributed by atoms with Gasteiger partial charge in [-0.2, -0.15) is 13.2 Å². The Balaban J connectivity index is 1.76. The molecule has 0 atom stereocenters. The second-order valence-corrected chi connectivity index (χ2v) is 8.57. The summed E-state index contributed by atoms with van der Waals surface area (Å²) < 4.78 is 77.1. The molecule has 1 aromatic carbocycles. The number of hydrogen-bond acceptors (Lipinski definition) is 5. The minimum Gasteiger partial charge on any atom is -0.406 e. The molecule has 25 heavy (non-hydrogen) atoms. The van der Waals surface area contributed by atoms with E-state index in [9.17, 15) is 26.3 Å². The third-order valence-electron chi connectivity index (χ3n) is 2.61.